The fourth-order valence-corrected chi connectivity index (χ4v) is 2.83. The Morgan fingerprint density at radius 1 is 1.25 bits per heavy atom. The summed E-state index contributed by atoms with van der Waals surface area (Å²) < 4.78 is 5.30. The molecule has 0 amide bonds. The number of rotatable bonds is 3. The number of piperidine rings is 1. The number of hydrogen-bond acceptors (Lipinski definition) is 3. The summed E-state index contributed by atoms with van der Waals surface area (Å²) in [5.74, 6) is 2.60. The van der Waals surface area contributed by atoms with Crippen molar-refractivity contribution in [3.63, 3.8) is 0 Å². The molecule has 106 valence electrons. The van der Waals surface area contributed by atoms with Crippen LogP contribution in [0.4, 0.5) is 0 Å². The van der Waals surface area contributed by atoms with Crippen LogP contribution in [-0.2, 0) is 0 Å². The van der Waals surface area contributed by atoms with Crippen molar-refractivity contribution in [1.29, 1.82) is 0 Å². The van der Waals surface area contributed by atoms with E-state index in [1.54, 1.807) is 7.11 Å². The van der Waals surface area contributed by atoms with Crippen LogP contribution in [0.25, 0.3) is 11.3 Å². The minimum absolute atomic E-state index is 0.560. The number of benzene rings is 1. The van der Waals surface area contributed by atoms with Crippen LogP contribution in [0.1, 0.15) is 30.1 Å². The van der Waals surface area contributed by atoms with Crippen molar-refractivity contribution in [1.82, 2.24) is 15.3 Å². The lowest BCUT2D eigenvalue weighted by atomic mass is 9.98. The molecule has 0 radical (unpaired) electrons. The molecule has 1 aromatic carbocycles. The number of aromatic amines is 1. The Labute approximate surface area is 119 Å². The molecule has 1 aliphatic rings. The molecule has 4 nitrogen and oxygen atoms in total. The van der Waals surface area contributed by atoms with E-state index in [9.17, 15) is 0 Å². The van der Waals surface area contributed by atoms with Crippen molar-refractivity contribution in [3.8, 4) is 17.0 Å². The second-order valence-electron chi connectivity index (χ2n) is 5.39. The number of hydrogen-bond donors (Lipinski definition) is 2. The van der Waals surface area contributed by atoms with Crippen LogP contribution in [0.3, 0.4) is 0 Å². The first kappa shape index (κ1) is 13.2. The Morgan fingerprint density at radius 3 is 2.75 bits per heavy atom. The quantitative estimate of drug-likeness (QED) is 0.902. The molecule has 20 heavy (non-hydrogen) atoms. The molecule has 1 saturated heterocycles. The Kier molecular flexibility index (Phi) is 3.74. The average molecular weight is 271 g/mol. The van der Waals surface area contributed by atoms with Crippen LogP contribution in [-0.4, -0.2) is 30.2 Å². The lowest BCUT2D eigenvalue weighted by Gasteiger charge is -2.20. The van der Waals surface area contributed by atoms with Crippen molar-refractivity contribution < 1.29 is 4.74 Å². The molecular weight excluding hydrogens is 250 g/mol. The summed E-state index contributed by atoms with van der Waals surface area (Å²) >= 11 is 0. The average Bonchev–Trinajstić information content (AvgIpc) is 2.98. The maximum Gasteiger partial charge on any atom is 0.121 e. The lowest BCUT2D eigenvalue weighted by Crippen LogP contribution is -2.27. The molecule has 2 aromatic rings. The maximum atomic E-state index is 5.30. The number of nitrogens with zero attached hydrogens (tertiary/aromatic N) is 1. The van der Waals surface area contributed by atoms with Crippen LogP contribution in [0, 0.1) is 6.92 Å². The Morgan fingerprint density at radius 2 is 2.05 bits per heavy atom. The molecule has 0 atom stereocenters. The van der Waals surface area contributed by atoms with Gasteiger partial charge in [0.15, 0.2) is 0 Å². The van der Waals surface area contributed by atoms with E-state index in [-0.39, 0.29) is 0 Å². The molecule has 4 heteroatoms. The molecule has 0 saturated carbocycles. The highest BCUT2D eigenvalue weighted by molar-refractivity contribution is 5.61. The van der Waals surface area contributed by atoms with E-state index in [1.165, 1.54) is 0 Å². The summed E-state index contributed by atoms with van der Waals surface area (Å²) in [6.07, 6.45) is 4.27. The van der Waals surface area contributed by atoms with Gasteiger partial charge in [-0.1, -0.05) is 0 Å². The zero-order chi connectivity index (χ0) is 13.9. The van der Waals surface area contributed by atoms with Gasteiger partial charge in [0, 0.05) is 11.5 Å². The van der Waals surface area contributed by atoms with Gasteiger partial charge in [0.2, 0.25) is 0 Å². The molecule has 0 aliphatic carbocycles. The standard InChI is InChI=1S/C16H21N3O/c1-11-9-13(3-4-15(11)20-2)14-10-18-16(19-14)12-5-7-17-8-6-12/h3-4,9-10,12,17H,5-8H2,1-2H3,(H,18,19). The van der Waals surface area contributed by atoms with Gasteiger partial charge in [0.25, 0.3) is 0 Å². The third-order valence-corrected chi connectivity index (χ3v) is 4.03. The van der Waals surface area contributed by atoms with Crippen LogP contribution < -0.4 is 10.1 Å². The third kappa shape index (κ3) is 2.56. The fourth-order valence-electron chi connectivity index (χ4n) is 2.83. The van der Waals surface area contributed by atoms with Crippen LogP contribution in [0.2, 0.25) is 0 Å². The number of ether oxygens (including phenoxy) is 1. The van der Waals surface area contributed by atoms with Crippen molar-refractivity contribution >= 4 is 0 Å². The van der Waals surface area contributed by atoms with Gasteiger partial charge in [-0.2, -0.15) is 0 Å². The largest absolute Gasteiger partial charge is 0.496 e. The third-order valence-electron chi connectivity index (χ3n) is 4.03. The molecular formula is C16H21N3O. The molecule has 0 spiro atoms. The molecule has 1 aromatic heterocycles. The van der Waals surface area contributed by atoms with Gasteiger partial charge in [0.1, 0.15) is 11.6 Å². The van der Waals surface area contributed by atoms with Crippen molar-refractivity contribution in [3.05, 3.63) is 35.8 Å². The first-order valence-electron chi connectivity index (χ1n) is 7.18. The van der Waals surface area contributed by atoms with Gasteiger partial charge in [-0.15, -0.1) is 0 Å². The number of methoxy groups -OCH3 is 1. The highest BCUT2D eigenvalue weighted by Crippen LogP contribution is 2.28. The summed E-state index contributed by atoms with van der Waals surface area (Å²) in [5, 5.41) is 3.39. The minimum Gasteiger partial charge on any atom is -0.496 e. The molecule has 0 unspecified atom stereocenters. The summed E-state index contributed by atoms with van der Waals surface area (Å²) in [4.78, 5) is 8.06. The van der Waals surface area contributed by atoms with Crippen LogP contribution >= 0.6 is 0 Å². The van der Waals surface area contributed by atoms with Crippen LogP contribution in [0.5, 0.6) is 5.75 Å². The van der Waals surface area contributed by atoms with Gasteiger partial charge in [-0.05, 0) is 56.6 Å². The molecule has 3 rings (SSSR count). The fraction of sp³-hybridized carbons (Fsp3) is 0.438. The van der Waals surface area contributed by atoms with E-state index in [4.69, 9.17) is 4.74 Å². The van der Waals surface area contributed by atoms with E-state index in [2.05, 4.69) is 34.3 Å². The molecule has 1 fully saturated rings. The van der Waals surface area contributed by atoms with E-state index in [1.807, 2.05) is 12.3 Å². The minimum atomic E-state index is 0.560. The van der Waals surface area contributed by atoms with Gasteiger partial charge in [-0.3, -0.25) is 0 Å². The van der Waals surface area contributed by atoms with E-state index in [0.717, 1.165) is 54.3 Å². The predicted molar refractivity (Wildman–Crippen MR) is 80.2 cm³/mol. The van der Waals surface area contributed by atoms with E-state index < -0.39 is 0 Å². The van der Waals surface area contributed by atoms with Crippen molar-refractivity contribution in [2.75, 3.05) is 20.2 Å². The Bertz CT molecular complexity index is 585. The predicted octanol–water partition coefficient (Wildman–Crippen LogP) is 2.86. The molecule has 1 aliphatic heterocycles. The van der Waals surface area contributed by atoms with Gasteiger partial charge < -0.3 is 15.0 Å². The zero-order valence-electron chi connectivity index (χ0n) is 12.1. The second-order valence-corrected chi connectivity index (χ2v) is 5.39. The highest BCUT2D eigenvalue weighted by Gasteiger charge is 2.18. The number of nitrogens with one attached hydrogen (secondary N) is 2. The topological polar surface area (TPSA) is 49.9 Å². The molecule has 2 heterocycles. The van der Waals surface area contributed by atoms with Crippen molar-refractivity contribution in [2.45, 2.75) is 25.7 Å². The lowest BCUT2D eigenvalue weighted by molar-refractivity contribution is 0.412. The number of imidazole rings is 1. The van der Waals surface area contributed by atoms with Gasteiger partial charge in [-0.25, -0.2) is 4.98 Å². The second kappa shape index (κ2) is 5.67. The number of H-pyrrole nitrogens is 1. The smallest absolute Gasteiger partial charge is 0.121 e. The van der Waals surface area contributed by atoms with E-state index >= 15 is 0 Å². The maximum absolute atomic E-state index is 5.30. The number of aromatic nitrogens is 2. The van der Waals surface area contributed by atoms with Gasteiger partial charge >= 0.3 is 0 Å². The zero-order valence-corrected chi connectivity index (χ0v) is 12.1. The van der Waals surface area contributed by atoms with E-state index in [0.29, 0.717) is 5.92 Å². The number of aryl methyl sites for hydroxylation is 1. The normalized spacial score (nSPS) is 16.3. The molecule has 2 N–H and O–H groups in total. The summed E-state index contributed by atoms with van der Waals surface area (Å²) in [5.41, 5.74) is 3.39. The first-order valence-corrected chi connectivity index (χ1v) is 7.18. The molecule has 0 bridgehead atoms. The van der Waals surface area contributed by atoms with Crippen LogP contribution in [0.15, 0.2) is 24.4 Å². The Balaban J connectivity index is 1.84. The summed E-state index contributed by atoms with van der Waals surface area (Å²) in [6, 6.07) is 6.22. The Hall–Kier alpha value is -1.81. The monoisotopic (exact) mass is 271 g/mol. The highest BCUT2D eigenvalue weighted by atomic mass is 16.5. The SMILES string of the molecule is COc1ccc(-c2cnc(C3CCNCC3)[nH]2)cc1C. The first-order chi connectivity index (χ1) is 9.78. The van der Waals surface area contributed by atoms with Gasteiger partial charge in [0.05, 0.1) is 19.0 Å². The van der Waals surface area contributed by atoms with Crippen molar-refractivity contribution in [2.24, 2.45) is 0 Å². The summed E-state index contributed by atoms with van der Waals surface area (Å²) in [6.45, 7) is 4.23. The summed E-state index contributed by atoms with van der Waals surface area (Å²) in [7, 11) is 1.70.